The number of pyridine rings is 1. The first-order valence-corrected chi connectivity index (χ1v) is 18.5. The average molecular weight is 715 g/mol. The van der Waals surface area contributed by atoms with Gasteiger partial charge in [-0.3, -0.25) is 14.5 Å². The molecule has 0 unspecified atom stereocenters. The lowest BCUT2D eigenvalue weighted by atomic mass is 10.1. The standard InChI is InChI=1S/C39H54N8O5/c1-5-7-25-51-27-28-52-26-18-32(48)11-8-9-20-44-21-23-45(24-22-44)31-16-14-30(15-17-31)41-38-40-29-33-36(43-38)47(46(19-6-2)37(33)49)35-13-10-12-34(42-35)39(3,4)50/h6,10,12-17,29,50H,2,5,7-9,11,18-28H2,1,3-4H3,(H,40,41,43). The molecule has 2 N–H and O–H groups in total. The lowest BCUT2D eigenvalue weighted by molar-refractivity contribution is -0.120. The molecule has 13 nitrogen and oxygen atoms in total. The van der Waals surface area contributed by atoms with Gasteiger partial charge in [0.1, 0.15) is 16.8 Å². The number of nitrogens with one attached hydrogen (secondary N) is 1. The van der Waals surface area contributed by atoms with Crippen LogP contribution in [0, 0.1) is 0 Å². The Morgan fingerprint density at radius 2 is 1.71 bits per heavy atom. The summed E-state index contributed by atoms with van der Waals surface area (Å²) >= 11 is 0. The number of piperazine rings is 1. The summed E-state index contributed by atoms with van der Waals surface area (Å²) in [6.45, 7) is 16.8. The van der Waals surface area contributed by atoms with Crippen LogP contribution in [-0.4, -0.2) is 99.3 Å². The number of unbranched alkanes of at least 4 members (excludes halogenated alkanes) is 2. The lowest BCUT2D eigenvalue weighted by Gasteiger charge is -2.36. The Kier molecular flexibility index (Phi) is 14.1. The highest BCUT2D eigenvalue weighted by atomic mass is 16.5. The Hall–Kier alpha value is -4.43. The second-order valence-corrected chi connectivity index (χ2v) is 13.7. The second kappa shape index (κ2) is 18.9. The van der Waals surface area contributed by atoms with Gasteiger partial charge in [0.2, 0.25) is 5.95 Å². The summed E-state index contributed by atoms with van der Waals surface area (Å²) in [6, 6.07) is 13.5. The van der Waals surface area contributed by atoms with E-state index in [-0.39, 0.29) is 17.9 Å². The molecule has 0 radical (unpaired) electrons. The molecule has 1 aliphatic rings. The van der Waals surface area contributed by atoms with Gasteiger partial charge in [-0.05, 0) is 76.1 Å². The molecule has 0 bridgehead atoms. The number of hydrogen-bond donors (Lipinski definition) is 2. The predicted octanol–water partition coefficient (Wildman–Crippen LogP) is 5.22. The van der Waals surface area contributed by atoms with E-state index in [1.165, 1.54) is 10.9 Å². The van der Waals surface area contributed by atoms with Crippen LogP contribution < -0.4 is 15.8 Å². The topological polar surface area (TPSA) is 140 Å². The molecule has 5 rings (SSSR count). The van der Waals surface area contributed by atoms with Crippen LogP contribution in [0.2, 0.25) is 0 Å². The van der Waals surface area contributed by atoms with Gasteiger partial charge in [-0.25, -0.2) is 19.3 Å². The van der Waals surface area contributed by atoms with E-state index < -0.39 is 5.60 Å². The number of allylic oxidation sites excluding steroid dienone is 1. The summed E-state index contributed by atoms with van der Waals surface area (Å²) in [7, 11) is 0. The Balaban J connectivity index is 1.10. The monoisotopic (exact) mass is 714 g/mol. The Morgan fingerprint density at radius 3 is 2.42 bits per heavy atom. The minimum absolute atomic E-state index is 0.246. The summed E-state index contributed by atoms with van der Waals surface area (Å²) in [6.07, 6.45) is 8.39. The minimum Gasteiger partial charge on any atom is -0.384 e. The van der Waals surface area contributed by atoms with Crippen molar-refractivity contribution < 1.29 is 19.4 Å². The van der Waals surface area contributed by atoms with E-state index in [1.54, 1.807) is 42.8 Å². The summed E-state index contributed by atoms with van der Waals surface area (Å²) in [4.78, 5) is 44.2. The summed E-state index contributed by atoms with van der Waals surface area (Å²) in [5.41, 5.74) is 1.42. The smallest absolute Gasteiger partial charge is 0.278 e. The predicted molar refractivity (Wildman–Crippen MR) is 205 cm³/mol. The highest BCUT2D eigenvalue weighted by molar-refractivity contribution is 5.78. The first-order valence-electron chi connectivity index (χ1n) is 18.5. The van der Waals surface area contributed by atoms with Crippen LogP contribution >= 0.6 is 0 Å². The fraction of sp³-hybridized carbons (Fsp3) is 0.513. The van der Waals surface area contributed by atoms with E-state index in [4.69, 9.17) is 14.5 Å². The number of benzene rings is 1. The Labute approximate surface area is 306 Å². The van der Waals surface area contributed by atoms with Gasteiger partial charge < -0.3 is 24.8 Å². The molecule has 4 heterocycles. The van der Waals surface area contributed by atoms with Crippen molar-refractivity contribution in [2.45, 2.75) is 71.4 Å². The number of anilines is 3. The zero-order chi connectivity index (χ0) is 36.9. The minimum atomic E-state index is -1.16. The number of ketones is 1. The van der Waals surface area contributed by atoms with Gasteiger partial charge >= 0.3 is 0 Å². The van der Waals surface area contributed by atoms with E-state index in [2.05, 4.69) is 50.7 Å². The Bertz CT molecular complexity index is 1810. The largest absolute Gasteiger partial charge is 0.384 e. The molecular formula is C39H54N8O5. The first kappa shape index (κ1) is 38.8. The van der Waals surface area contributed by atoms with Crippen molar-refractivity contribution in [2.24, 2.45) is 0 Å². The molecule has 0 amide bonds. The lowest BCUT2D eigenvalue weighted by Crippen LogP contribution is -2.46. The number of hydrogen-bond acceptors (Lipinski definition) is 11. The summed E-state index contributed by atoms with van der Waals surface area (Å²) in [5.74, 6) is 1.07. The molecule has 0 atom stereocenters. The van der Waals surface area contributed by atoms with Crippen molar-refractivity contribution in [1.29, 1.82) is 0 Å². The molecule has 0 aliphatic carbocycles. The third kappa shape index (κ3) is 10.6. The highest BCUT2D eigenvalue weighted by Gasteiger charge is 2.22. The normalized spacial score (nSPS) is 13.9. The van der Waals surface area contributed by atoms with Crippen molar-refractivity contribution in [3.8, 4) is 5.82 Å². The third-order valence-electron chi connectivity index (χ3n) is 9.14. The maximum absolute atomic E-state index is 13.3. The van der Waals surface area contributed by atoms with Crippen LogP contribution in [0.25, 0.3) is 16.9 Å². The first-order chi connectivity index (χ1) is 25.2. The van der Waals surface area contributed by atoms with Crippen molar-refractivity contribution in [2.75, 3.05) is 69.4 Å². The van der Waals surface area contributed by atoms with Gasteiger partial charge in [0.25, 0.3) is 5.56 Å². The van der Waals surface area contributed by atoms with Crippen LogP contribution in [0.15, 0.2) is 66.1 Å². The molecule has 3 aromatic heterocycles. The van der Waals surface area contributed by atoms with Crippen LogP contribution in [0.4, 0.5) is 17.3 Å². The fourth-order valence-corrected chi connectivity index (χ4v) is 6.14. The van der Waals surface area contributed by atoms with E-state index >= 15 is 0 Å². The van der Waals surface area contributed by atoms with E-state index in [0.717, 1.165) is 76.4 Å². The number of carbonyl (C=O) groups excluding carboxylic acids is 1. The summed E-state index contributed by atoms with van der Waals surface area (Å²) < 4.78 is 14.2. The number of aromatic nitrogens is 5. The molecular weight excluding hydrogens is 660 g/mol. The van der Waals surface area contributed by atoms with E-state index in [0.29, 0.717) is 61.2 Å². The van der Waals surface area contributed by atoms with Gasteiger partial charge in [-0.15, -0.1) is 6.58 Å². The molecule has 1 saturated heterocycles. The van der Waals surface area contributed by atoms with Crippen LogP contribution in [-0.2, 0) is 26.4 Å². The number of nitrogens with zero attached hydrogens (tertiary/aromatic N) is 7. The van der Waals surface area contributed by atoms with E-state index in [9.17, 15) is 14.7 Å². The highest BCUT2D eigenvalue weighted by Crippen LogP contribution is 2.24. The third-order valence-corrected chi connectivity index (χ3v) is 9.14. The molecule has 4 aromatic rings. The molecule has 1 fully saturated rings. The number of Topliss-reactive ketones (excluding diaryl/α,β-unsaturated/α-hetero) is 1. The van der Waals surface area contributed by atoms with Gasteiger partial charge in [0, 0.05) is 63.2 Å². The average Bonchev–Trinajstić information content (AvgIpc) is 3.41. The maximum Gasteiger partial charge on any atom is 0.278 e. The van der Waals surface area contributed by atoms with Crippen molar-refractivity contribution in [3.05, 3.63) is 77.4 Å². The molecule has 280 valence electrons. The van der Waals surface area contributed by atoms with Crippen LogP contribution in [0.5, 0.6) is 0 Å². The second-order valence-electron chi connectivity index (χ2n) is 13.7. The summed E-state index contributed by atoms with van der Waals surface area (Å²) in [5, 5.41) is 14.2. The quantitative estimate of drug-likeness (QED) is 0.0868. The number of carbonyl (C=O) groups is 1. The molecule has 0 spiro atoms. The van der Waals surface area contributed by atoms with Gasteiger partial charge in [0.15, 0.2) is 11.5 Å². The van der Waals surface area contributed by atoms with Crippen LogP contribution in [0.3, 0.4) is 0 Å². The molecule has 1 aliphatic heterocycles. The molecule has 0 saturated carbocycles. The van der Waals surface area contributed by atoms with E-state index in [1.807, 2.05) is 12.1 Å². The van der Waals surface area contributed by atoms with Crippen molar-refractivity contribution in [3.63, 3.8) is 0 Å². The molecule has 52 heavy (non-hydrogen) atoms. The number of rotatable bonds is 21. The maximum atomic E-state index is 13.3. The van der Waals surface area contributed by atoms with Gasteiger partial charge in [0.05, 0.1) is 32.1 Å². The zero-order valence-electron chi connectivity index (χ0n) is 30.9. The number of aliphatic hydroxyl groups is 1. The number of ether oxygens (including phenoxy) is 2. The van der Waals surface area contributed by atoms with Crippen LogP contribution in [0.1, 0.15) is 65.0 Å². The zero-order valence-corrected chi connectivity index (χ0v) is 30.9. The molecule has 1 aromatic carbocycles. The van der Waals surface area contributed by atoms with Crippen molar-refractivity contribution >= 4 is 34.1 Å². The fourth-order valence-electron chi connectivity index (χ4n) is 6.14. The van der Waals surface area contributed by atoms with Gasteiger partial charge in [-0.1, -0.05) is 25.5 Å². The Morgan fingerprint density at radius 1 is 0.962 bits per heavy atom. The number of fused-ring (bicyclic) bond motifs is 1. The van der Waals surface area contributed by atoms with Crippen molar-refractivity contribution in [1.82, 2.24) is 29.2 Å². The molecule has 13 heteroatoms. The van der Waals surface area contributed by atoms with Gasteiger partial charge in [-0.2, -0.15) is 4.98 Å². The SMILES string of the molecule is C=CCn1c(=O)c2cnc(Nc3ccc(N4CCN(CCCCC(=O)CCOCCOCCCC)CC4)cc3)nc2n1-c1cccc(C(C)(C)O)n1.